The van der Waals surface area contributed by atoms with Crippen LogP contribution >= 0.6 is 0 Å². The SMILES string of the molecule is CCCCCCCCCCCCc1ccc(C[n+]2c(CC)cccc2CC)cc1. The Kier molecular flexibility index (Phi) is 11.7. The molecule has 0 bridgehead atoms. The normalized spacial score (nSPS) is 11.1. The van der Waals surface area contributed by atoms with Gasteiger partial charge in [-0.2, -0.15) is 4.57 Å². The molecule has 0 amide bonds. The molecule has 0 radical (unpaired) electrons. The number of hydrogen-bond donors (Lipinski definition) is 0. The zero-order valence-electron chi connectivity index (χ0n) is 19.4. The first-order valence-electron chi connectivity index (χ1n) is 12.4. The van der Waals surface area contributed by atoms with Crippen LogP contribution in [-0.2, 0) is 25.8 Å². The first-order valence-corrected chi connectivity index (χ1v) is 12.4. The van der Waals surface area contributed by atoms with Crippen molar-refractivity contribution in [3.8, 4) is 0 Å². The van der Waals surface area contributed by atoms with Gasteiger partial charge in [0.2, 0.25) is 0 Å². The van der Waals surface area contributed by atoms with Gasteiger partial charge < -0.3 is 0 Å². The van der Waals surface area contributed by atoms with E-state index in [9.17, 15) is 0 Å². The molecule has 0 saturated carbocycles. The molecule has 29 heavy (non-hydrogen) atoms. The predicted octanol–water partition coefficient (Wildman–Crippen LogP) is 7.61. The number of nitrogens with zero attached hydrogens (tertiary/aromatic N) is 1. The molecule has 1 heterocycles. The molecule has 0 aliphatic carbocycles. The number of pyridine rings is 1. The summed E-state index contributed by atoms with van der Waals surface area (Å²) in [6, 6.07) is 16.1. The molecule has 0 saturated heterocycles. The summed E-state index contributed by atoms with van der Waals surface area (Å²) < 4.78 is 2.50. The molecule has 0 N–H and O–H groups in total. The van der Waals surface area contributed by atoms with Crippen molar-refractivity contribution in [3.63, 3.8) is 0 Å². The first kappa shape index (κ1) is 23.6. The van der Waals surface area contributed by atoms with Crippen LogP contribution in [0.25, 0.3) is 0 Å². The molecule has 0 aliphatic rings. The van der Waals surface area contributed by atoms with Crippen LogP contribution in [-0.4, -0.2) is 0 Å². The highest BCUT2D eigenvalue weighted by Gasteiger charge is 2.14. The zero-order valence-corrected chi connectivity index (χ0v) is 19.4. The van der Waals surface area contributed by atoms with Crippen molar-refractivity contribution in [2.45, 2.75) is 111 Å². The van der Waals surface area contributed by atoms with Gasteiger partial charge in [-0.3, -0.25) is 0 Å². The van der Waals surface area contributed by atoms with Gasteiger partial charge in [-0.1, -0.05) is 103 Å². The average Bonchev–Trinajstić information content (AvgIpc) is 2.76. The van der Waals surface area contributed by atoms with Crippen molar-refractivity contribution in [1.29, 1.82) is 0 Å². The van der Waals surface area contributed by atoms with E-state index in [0.717, 1.165) is 19.4 Å². The highest BCUT2D eigenvalue weighted by molar-refractivity contribution is 5.22. The molecule has 1 aromatic heterocycles. The van der Waals surface area contributed by atoms with Crippen molar-refractivity contribution in [2.75, 3.05) is 0 Å². The second-order valence-electron chi connectivity index (χ2n) is 8.55. The minimum absolute atomic E-state index is 0.992. The Labute approximate surface area is 180 Å². The van der Waals surface area contributed by atoms with Gasteiger partial charge in [0.15, 0.2) is 17.9 Å². The van der Waals surface area contributed by atoms with Crippen LogP contribution in [0, 0.1) is 0 Å². The van der Waals surface area contributed by atoms with E-state index in [2.05, 4.69) is 67.8 Å². The number of benzene rings is 1. The molecular formula is C28H44N+. The van der Waals surface area contributed by atoms with Gasteiger partial charge in [-0.15, -0.1) is 0 Å². The van der Waals surface area contributed by atoms with Crippen molar-refractivity contribution in [2.24, 2.45) is 0 Å². The van der Waals surface area contributed by atoms with Crippen LogP contribution in [0.15, 0.2) is 42.5 Å². The smallest absolute Gasteiger partial charge is 0.181 e. The van der Waals surface area contributed by atoms with E-state index in [1.54, 1.807) is 0 Å². The first-order chi connectivity index (χ1) is 14.3. The Hall–Kier alpha value is -1.63. The third-order valence-corrected chi connectivity index (χ3v) is 6.18. The molecule has 0 unspecified atom stereocenters. The van der Waals surface area contributed by atoms with Gasteiger partial charge in [-0.25, -0.2) is 0 Å². The minimum Gasteiger partial charge on any atom is -0.195 e. The third kappa shape index (κ3) is 8.72. The van der Waals surface area contributed by atoms with Crippen molar-refractivity contribution in [3.05, 3.63) is 65.0 Å². The van der Waals surface area contributed by atoms with Crippen LogP contribution in [0.4, 0.5) is 0 Å². The molecule has 0 spiro atoms. The Bertz CT molecular complexity index is 649. The lowest BCUT2D eigenvalue weighted by Gasteiger charge is -2.08. The van der Waals surface area contributed by atoms with Gasteiger partial charge in [0, 0.05) is 30.5 Å². The Morgan fingerprint density at radius 1 is 0.552 bits per heavy atom. The molecule has 0 atom stereocenters. The lowest BCUT2D eigenvalue weighted by molar-refractivity contribution is -0.702. The van der Waals surface area contributed by atoms with Crippen molar-refractivity contribution in [1.82, 2.24) is 0 Å². The van der Waals surface area contributed by atoms with E-state index in [1.165, 1.54) is 93.1 Å². The molecule has 1 heteroatoms. The molecular weight excluding hydrogens is 350 g/mol. The van der Waals surface area contributed by atoms with Gasteiger partial charge in [0.25, 0.3) is 0 Å². The number of aromatic nitrogens is 1. The second-order valence-corrected chi connectivity index (χ2v) is 8.55. The van der Waals surface area contributed by atoms with Crippen LogP contribution < -0.4 is 4.57 Å². The van der Waals surface area contributed by atoms with Crippen LogP contribution in [0.1, 0.15) is 107 Å². The van der Waals surface area contributed by atoms with E-state index in [-0.39, 0.29) is 0 Å². The quantitative estimate of drug-likeness (QED) is 0.216. The lowest BCUT2D eigenvalue weighted by Crippen LogP contribution is -2.42. The zero-order chi connectivity index (χ0) is 20.7. The number of aryl methyl sites for hydroxylation is 3. The molecule has 1 aromatic carbocycles. The van der Waals surface area contributed by atoms with Crippen LogP contribution in [0.3, 0.4) is 0 Å². The van der Waals surface area contributed by atoms with Crippen molar-refractivity contribution < 1.29 is 4.57 Å². The van der Waals surface area contributed by atoms with Gasteiger partial charge in [-0.05, 0) is 24.5 Å². The van der Waals surface area contributed by atoms with E-state index in [0.29, 0.717) is 0 Å². The Morgan fingerprint density at radius 2 is 1.03 bits per heavy atom. The maximum Gasteiger partial charge on any atom is 0.181 e. The summed E-state index contributed by atoms with van der Waals surface area (Å²) in [5.41, 5.74) is 5.77. The number of rotatable bonds is 15. The summed E-state index contributed by atoms with van der Waals surface area (Å²) in [7, 11) is 0. The van der Waals surface area contributed by atoms with Crippen molar-refractivity contribution >= 4 is 0 Å². The van der Waals surface area contributed by atoms with E-state index < -0.39 is 0 Å². The number of hydrogen-bond acceptors (Lipinski definition) is 0. The molecule has 0 fully saturated rings. The molecule has 1 nitrogen and oxygen atoms in total. The molecule has 2 aromatic rings. The fraction of sp³-hybridized carbons (Fsp3) is 0.607. The van der Waals surface area contributed by atoms with Crippen LogP contribution in [0.5, 0.6) is 0 Å². The fourth-order valence-electron chi connectivity index (χ4n) is 4.27. The maximum atomic E-state index is 2.50. The number of unbranched alkanes of at least 4 members (excludes halogenated alkanes) is 9. The van der Waals surface area contributed by atoms with Crippen LogP contribution in [0.2, 0.25) is 0 Å². The predicted molar refractivity (Wildman–Crippen MR) is 126 cm³/mol. The monoisotopic (exact) mass is 394 g/mol. The molecule has 0 aliphatic heterocycles. The Balaban J connectivity index is 1.69. The standard InChI is InChI=1S/C28H44N/c1-4-7-8-9-10-11-12-13-14-15-17-25-20-22-26(23-21-25)24-29-27(5-2)18-16-19-28(29)6-3/h16,18-23H,4-15,17,24H2,1-3H3/q+1. The van der Waals surface area contributed by atoms with Gasteiger partial charge >= 0.3 is 0 Å². The summed E-state index contributed by atoms with van der Waals surface area (Å²) in [4.78, 5) is 0. The second kappa shape index (κ2) is 14.4. The van der Waals surface area contributed by atoms with E-state index in [1.807, 2.05) is 0 Å². The summed E-state index contributed by atoms with van der Waals surface area (Å²) in [5, 5.41) is 0. The topological polar surface area (TPSA) is 3.88 Å². The average molecular weight is 395 g/mol. The summed E-state index contributed by atoms with van der Waals surface area (Å²) in [6.07, 6.45) is 17.5. The molecule has 160 valence electrons. The molecule has 2 rings (SSSR count). The minimum atomic E-state index is 0.992. The highest BCUT2D eigenvalue weighted by atomic mass is 15.0. The fourth-order valence-corrected chi connectivity index (χ4v) is 4.27. The van der Waals surface area contributed by atoms with E-state index >= 15 is 0 Å². The van der Waals surface area contributed by atoms with Gasteiger partial charge in [0.1, 0.15) is 0 Å². The summed E-state index contributed by atoms with van der Waals surface area (Å²) in [5.74, 6) is 0. The van der Waals surface area contributed by atoms with Gasteiger partial charge in [0.05, 0.1) is 0 Å². The summed E-state index contributed by atoms with van der Waals surface area (Å²) in [6.45, 7) is 7.79. The summed E-state index contributed by atoms with van der Waals surface area (Å²) >= 11 is 0. The Morgan fingerprint density at radius 3 is 1.55 bits per heavy atom. The van der Waals surface area contributed by atoms with E-state index in [4.69, 9.17) is 0 Å². The maximum absolute atomic E-state index is 2.50. The lowest BCUT2D eigenvalue weighted by atomic mass is 10.0. The highest BCUT2D eigenvalue weighted by Crippen LogP contribution is 2.13. The third-order valence-electron chi connectivity index (χ3n) is 6.18. The largest absolute Gasteiger partial charge is 0.195 e.